The number of piperidine rings is 1. The number of furan rings is 1. The monoisotopic (exact) mass is 574 g/mol. The molecule has 0 radical (unpaired) electrons. The van der Waals surface area contributed by atoms with Gasteiger partial charge in [0.1, 0.15) is 35.3 Å². The van der Waals surface area contributed by atoms with E-state index in [1.807, 2.05) is 24.3 Å². The highest BCUT2D eigenvalue weighted by Crippen LogP contribution is 2.28. The Balaban J connectivity index is 1.23. The van der Waals surface area contributed by atoms with E-state index < -0.39 is 11.2 Å². The molecule has 0 atom stereocenters. The fourth-order valence-electron chi connectivity index (χ4n) is 5.27. The maximum Gasteiger partial charge on any atom is 0.277 e. The van der Waals surface area contributed by atoms with Crippen LogP contribution in [0.4, 0.5) is 10.1 Å². The standard InChI is InChI=1S/C31H35FN6O4/c1-35-28(21-4-2-20(15-33)3-5-21)29-27(34)30(40)38(19-36-29)18-31(41)10-12-37(13-11-31)16-23-7-6-22(14-25(23)32)26-9-8-24(17-39)42-26/h2-9,14,19,39,41H,10-13,15-18,33-34H2,1H3. The van der Waals surface area contributed by atoms with Gasteiger partial charge >= 0.3 is 0 Å². The van der Waals surface area contributed by atoms with Gasteiger partial charge in [-0.1, -0.05) is 36.4 Å². The number of aliphatic imine (C=N–C) groups is 1. The lowest BCUT2D eigenvalue weighted by Gasteiger charge is -2.38. The van der Waals surface area contributed by atoms with Gasteiger partial charge in [0.15, 0.2) is 0 Å². The highest BCUT2D eigenvalue weighted by atomic mass is 19.1. The van der Waals surface area contributed by atoms with Gasteiger partial charge in [0, 0.05) is 49.9 Å². The quantitative estimate of drug-likeness (QED) is 0.222. The lowest BCUT2D eigenvalue weighted by atomic mass is 9.91. The molecule has 2 aromatic carbocycles. The molecule has 4 aromatic rings. The normalized spacial score (nSPS) is 15.7. The Kier molecular flexibility index (Phi) is 8.64. The number of aliphatic hydroxyl groups excluding tert-OH is 1. The highest BCUT2D eigenvalue weighted by Gasteiger charge is 2.33. The number of aromatic nitrogens is 2. The number of hydrogen-bond donors (Lipinski definition) is 4. The number of anilines is 1. The van der Waals surface area contributed by atoms with E-state index >= 15 is 0 Å². The van der Waals surface area contributed by atoms with Gasteiger partial charge in [0.2, 0.25) is 0 Å². The van der Waals surface area contributed by atoms with Gasteiger partial charge in [0.25, 0.3) is 5.56 Å². The molecule has 2 aromatic heterocycles. The number of nitrogens with zero attached hydrogens (tertiary/aromatic N) is 4. The van der Waals surface area contributed by atoms with E-state index in [-0.39, 0.29) is 30.4 Å². The van der Waals surface area contributed by atoms with Crippen molar-refractivity contribution in [2.24, 2.45) is 10.7 Å². The molecule has 3 heterocycles. The van der Waals surface area contributed by atoms with Crippen LogP contribution >= 0.6 is 0 Å². The predicted octanol–water partition coefficient (Wildman–Crippen LogP) is 2.67. The average molecular weight is 575 g/mol. The summed E-state index contributed by atoms with van der Waals surface area (Å²) in [5, 5.41) is 20.5. The van der Waals surface area contributed by atoms with Crippen LogP contribution in [0, 0.1) is 5.82 Å². The molecule has 0 spiro atoms. The molecule has 0 aliphatic carbocycles. The molecular weight excluding hydrogens is 539 g/mol. The Morgan fingerprint density at radius 2 is 1.88 bits per heavy atom. The Labute approximate surface area is 242 Å². The third-order valence-corrected chi connectivity index (χ3v) is 7.78. The van der Waals surface area contributed by atoms with E-state index in [4.69, 9.17) is 15.9 Å². The minimum absolute atomic E-state index is 0.0388. The average Bonchev–Trinajstić information content (AvgIpc) is 3.49. The largest absolute Gasteiger partial charge is 0.459 e. The van der Waals surface area contributed by atoms with E-state index in [0.717, 1.165) is 11.1 Å². The molecule has 42 heavy (non-hydrogen) atoms. The number of nitrogens with two attached hydrogens (primary N) is 2. The SMILES string of the molecule is CN=C(c1ccc(CN)cc1)c1ncn(CC2(O)CCN(Cc3ccc(-c4ccc(CO)o4)cc3F)CC2)c(=O)c1N. The molecule has 11 heteroatoms. The van der Waals surface area contributed by atoms with Gasteiger partial charge in [-0.2, -0.15) is 0 Å². The third kappa shape index (κ3) is 6.19. The number of likely N-dealkylation sites (tertiary alicyclic amines) is 1. The van der Waals surface area contributed by atoms with Crippen molar-refractivity contribution in [1.29, 1.82) is 0 Å². The number of benzene rings is 2. The summed E-state index contributed by atoms with van der Waals surface area (Å²) in [6.45, 7) is 1.68. The first-order valence-corrected chi connectivity index (χ1v) is 13.8. The van der Waals surface area contributed by atoms with Crippen molar-refractivity contribution in [2.75, 3.05) is 25.9 Å². The fraction of sp³-hybridized carbons (Fsp3) is 0.323. The second-order valence-corrected chi connectivity index (χ2v) is 10.6. The number of aliphatic hydroxyl groups is 2. The maximum absolute atomic E-state index is 14.9. The summed E-state index contributed by atoms with van der Waals surface area (Å²) in [5.74, 6) is 0.555. The molecular formula is C31H35FN6O4. The minimum Gasteiger partial charge on any atom is -0.459 e. The molecule has 1 saturated heterocycles. The van der Waals surface area contributed by atoms with Gasteiger partial charge in [-0.15, -0.1) is 0 Å². The zero-order valence-corrected chi connectivity index (χ0v) is 23.5. The maximum atomic E-state index is 14.9. The molecule has 1 fully saturated rings. The Hall–Kier alpha value is -4.16. The summed E-state index contributed by atoms with van der Waals surface area (Å²) in [4.78, 5) is 24.0. The number of halogens is 1. The Morgan fingerprint density at radius 1 is 1.14 bits per heavy atom. The van der Waals surface area contributed by atoms with Crippen molar-refractivity contribution < 1.29 is 19.0 Å². The predicted molar refractivity (Wildman–Crippen MR) is 158 cm³/mol. The van der Waals surface area contributed by atoms with E-state index in [0.29, 0.717) is 67.4 Å². The van der Waals surface area contributed by atoms with Crippen LogP contribution in [-0.4, -0.2) is 56.1 Å². The van der Waals surface area contributed by atoms with Crippen LogP contribution in [0.2, 0.25) is 0 Å². The Bertz CT molecular complexity index is 1640. The smallest absolute Gasteiger partial charge is 0.277 e. The first-order chi connectivity index (χ1) is 20.2. The van der Waals surface area contributed by atoms with Crippen LogP contribution in [0.5, 0.6) is 0 Å². The summed E-state index contributed by atoms with van der Waals surface area (Å²) in [7, 11) is 1.61. The molecule has 220 valence electrons. The molecule has 0 amide bonds. The summed E-state index contributed by atoms with van der Waals surface area (Å²) >= 11 is 0. The zero-order chi connectivity index (χ0) is 29.9. The summed E-state index contributed by atoms with van der Waals surface area (Å²) in [6.07, 6.45) is 2.19. The lowest BCUT2D eigenvalue weighted by Crippen LogP contribution is -2.48. The highest BCUT2D eigenvalue weighted by molar-refractivity contribution is 6.14. The molecule has 10 nitrogen and oxygen atoms in total. The first-order valence-electron chi connectivity index (χ1n) is 13.8. The lowest BCUT2D eigenvalue weighted by molar-refractivity contribution is -0.0366. The van der Waals surface area contributed by atoms with E-state index in [9.17, 15) is 19.4 Å². The topological polar surface area (TPSA) is 156 Å². The molecule has 1 aliphatic rings. The third-order valence-electron chi connectivity index (χ3n) is 7.78. The van der Waals surface area contributed by atoms with Crippen molar-refractivity contribution in [3.8, 4) is 11.3 Å². The van der Waals surface area contributed by atoms with E-state index in [2.05, 4.69) is 14.9 Å². The van der Waals surface area contributed by atoms with Crippen molar-refractivity contribution in [2.45, 2.75) is 44.7 Å². The van der Waals surface area contributed by atoms with Crippen molar-refractivity contribution in [1.82, 2.24) is 14.5 Å². The molecule has 0 bridgehead atoms. The fourth-order valence-corrected chi connectivity index (χ4v) is 5.27. The molecule has 5 rings (SSSR count). The number of hydrogen-bond acceptors (Lipinski definition) is 9. The summed E-state index contributed by atoms with van der Waals surface area (Å²) < 4.78 is 21.8. The van der Waals surface area contributed by atoms with Crippen molar-refractivity contribution >= 4 is 11.4 Å². The minimum atomic E-state index is -1.14. The molecule has 6 N–H and O–H groups in total. The van der Waals surface area contributed by atoms with Gasteiger partial charge in [-0.25, -0.2) is 9.37 Å². The van der Waals surface area contributed by atoms with Crippen LogP contribution in [0.25, 0.3) is 11.3 Å². The van der Waals surface area contributed by atoms with Gasteiger partial charge in [0.05, 0.1) is 24.2 Å². The second kappa shape index (κ2) is 12.4. The van der Waals surface area contributed by atoms with Crippen LogP contribution in [0.1, 0.15) is 41.0 Å². The van der Waals surface area contributed by atoms with Gasteiger partial charge in [-0.05, 0) is 36.6 Å². The van der Waals surface area contributed by atoms with Crippen LogP contribution in [0.3, 0.4) is 0 Å². The van der Waals surface area contributed by atoms with Crippen molar-refractivity contribution in [3.05, 3.63) is 105 Å². The van der Waals surface area contributed by atoms with Crippen LogP contribution in [-0.2, 0) is 26.2 Å². The van der Waals surface area contributed by atoms with E-state index in [1.165, 1.54) is 17.0 Å². The molecule has 0 saturated carbocycles. The van der Waals surface area contributed by atoms with Gasteiger partial charge in [-0.3, -0.25) is 19.3 Å². The van der Waals surface area contributed by atoms with Gasteiger partial charge < -0.3 is 26.1 Å². The number of nitrogen functional groups attached to an aromatic ring is 1. The van der Waals surface area contributed by atoms with Crippen LogP contribution in [0.15, 0.2) is 75.1 Å². The van der Waals surface area contributed by atoms with Crippen LogP contribution < -0.4 is 17.0 Å². The Morgan fingerprint density at radius 3 is 2.50 bits per heavy atom. The molecule has 0 unspecified atom stereocenters. The zero-order valence-electron chi connectivity index (χ0n) is 23.5. The summed E-state index contributed by atoms with van der Waals surface area (Å²) in [6, 6.07) is 15.8. The second-order valence-electron chi connectivity index (χ2n) is 10.6. The van der Waals surface area contributed by atoms with E-state index in [1.54, 1.807) is 31.3 Å². The molecule has 1 aliphatic heterocycles. The number of rotatable bonds is 9. The van der Waals surface area contributed by atoms with Crippen molar-refractivity contribution in [3.63, 3.8) is 0 Å². The first kappa shape index (κ1) is 29.3. The summed E-state index contributed by atoms with van der Waals surface area (Å²) in [5.41, 5.74) is 14.0.